The molecule has 0 bridgehead atoms. The highest BCUT2D eigenvalue weighted by molar-refractivity contribution is 7.80. The average Bonchev–Trinajstić information content (AvgIpc) is 2.88. The second kappa shape index (κ2) is 9.54. The third kappa shape index (κ3) is 5.28. The number of hydrogen-bond acceptors (Lipinski definition) is 3. The van der Waals surface area contributed by atoms with Crippen molar-refractivity contribution in [3.63, 3.8) is 0 Å². The van der Waals surface area contributed by atoms with E-state index in [0.717, 1.165) is 5.56 Å². The van der Waals surface area contributed by atoms with Gasteiger partial charge < -0.3 is 20.6 Å². The number of rotatable bonds is 4. The Kier molecular flexibility index (Phi) is 6.55. The minimum Gasteiger partial charge on any atom is -0.506 e. The first-order valence-electron chi connectivity index (χ1n) is 10.6. The number of phenolic OH excluding ortho intramolecular Hbond substituents is 1. The van der Waals surface area contributed by atoms with Crippen LogP contribution in [-0.4, -0.2) is 16.1 Å². The highest BCUT2D eigenvalue weighted by Gasteiger charge is 2.29. The second-order valence-corrected chi connectivity index (χ2v) is 8.49. The first kappa shape index (κ1) is 22.7. The number of nitrogens with zero attached hydrogens (tertiary/aromatic N) is 1. The molecule has 0 radical (unpaired) electrons. The number of carbonyl (C=O) groups excluding carboxylic acids is 1. The maximum absolute atomic E-state index is 13.7. The Labute approximate surface area is 196 Å². The molecule has 3 aromatic carbocycles. The lowest BCUT2D eigenvalue weighted by Gasteiger charge is -2.26. The molecule has 0 fully saturated rings. The Balaban J connectivity index is 1.60. The van der Waals surface area contributed by atoms with Gasteiger partial charge in [0.1, 0.15) is 17.4 Å². The van der Waals surface area contributed by atoms with Gasteiger partial charge in [0.15, 0.2) is 5.11 Å². The summed E-state index contributed by atoms with van der Waals surface area (Å²) in [7, 11) is 0. The van der Waals surface area contributed by atoms with Crippen LogP contribution in [0.2, 0.25) is 0 Å². The summed E-state index contributed by atoms with van der Waals surface area (Å²) in [6, 6.07) is 15.2. The van der Waals surface area contributed by atoms with Crippen LogP contribution < -0.4 is 15.5 Å². The van der Waals surface area contributed by atoms with E-state index in [4.69, 9.17) is 12.2 Å². The van der Waals surface area contributed by atoms with Crippen LogP contribution >= 0.6 is 12.2 Å². The molecule has 0 spiro atoms. The van der Waals surface area contributed by atoms with Gasteiger partial charge in [0, 0.05) is 17.7 Å². The van der Waals surface area contributed by atoms with E-state index in [-0.39, 0.29) is 40.9 Å². The van der Waals surface area contributed by atoms with Crippen LogP contribution in [0.15, 0.2) is 60.7 Å². The zero-order valence-corrected chi connectivity index (χ0v) is 18.8. The number of amides is 1. The predicted molar refractivity (Wildman–Crippen MR) is 129 cm³/mol. The number of thiocarbonyl (C=S) groups is 1. The largest absolute Gasteiger partial charge is 0.506 e. The third-order valence-corrected chi connectivity index (χ3v) is 5.81. The van der Waals surface area contributed by atoms with Crippen molar-refractivity contribution < 1.29 is 18.7 Å². The fraction of sp³-hybridized carbons (Fsp3) is 0.200. The van der Waals surface area contributed by atoms with Gasteiger partial charge in [0.05, 0.1) is 17.9 Å². The Hall–Kier alpha value is -3.52. The van der Waals surface area contributed by atoms with Gasteiger partial charge in [-0.2, -0.15) is 0 Å². The van der Waals surface area contributed by atoms with Crippen LogP contribution in [0, 0.1) is 17.6 Å². The third-order valence-electron chi connectivity index (χ3n) is 5.60. The highest BCUT2D eigenvalue weighted by atomic mass is 32.1. The smallest absolute Gasteiger partial charge is 0.230 e. The number of halogens is 2. The number of aryl methyl sites for hydroxylation is 1. The summed E-state index contributed by atoms with van der Waals surface area (Å²) in [5, 5.41) is 16.8. The first-order valence-corrected chi connectivity index (χ1v) is 11.0. The number of hydrogen-bond donors (Lipinski definition) is 3. The van der Waals surface area contributed by atoms with E-state index in [1.54, 1.807) is 35.2 Å². The first-order chi connectivity index (χ1) is 15.8. The molecule has 3 N–H and O–H groups in total. The zero-order valence-electron chi connectivity index (χ0n) is 17.9. The Morgan fingerprint density at radius 1 is 1.09 bits per heavy atom. The number of anilines is 3. The summed E-state index contributed by atoms with van der Waals surface area (Å²) in [6.45, 7) is 2.07. The van der Waals surface area contributed by atoms with Crippen molar-refractivity contribution in [3.05, 3.63) is 83.4 Å². The monoisotopic (exact) mass is 467 g/mol. The summed E-state index contributed by atoms with van der Waals surface area (Å²) in [5.74, 6) is -1.09. The van der Waals surface area contributed by atoms with Crippen molar-refractivity contribution in [3.8, 4) is 5.75 Å². The highest BCUT2D eigenvalue weighted by Crippen LogP contribution is 2.38. The SMILES string of the molecule is CC1CCc2cc(NC(=S)Nc3ccc(F)cc3)c(O)cc2N(Cc2cccc(F)c2)C1=O. The molecule has 0 saturated heterocycles. The molecular formula is C25H23F2N3O2S. The molecule has 0 aromatic heterocycles. The van der Waals surface area contributed by atoms with E-state index in [9.17, 15) is 18.7 Å². The number of benzene rings is 3. The summed E-state index contributed by atoms with van der Waals surface area (Å²) in [4.78, 5) is 14.7. The molecule has 1 heterocycles. The Morgan fingerprint density at radius 2 is 1.85 bits per heavy atom. The van der Waals surface area contributed by atoms with Gasteiger partial charge in [-0.15, -0.1) is 0 Å². The minimum absolute atomic E-state index is 0.0772. The van der Waals surface area contributed by atoms with Crippen LogP contribution in [0.1, 0.15) is 24.5 Å². The molecule has 33 heavy (non-hydrogen) atoms. The Morgan fingerprint density at radius 3 is 2.58 bits per heavy atom. The molecule has 1 aliphatic rings. The van der Waals surface area contributed by atoms with E-state index >= 15 is 0 Å². The van der Waals surface area contributed by atoms with Gasteiger partial charge >= 0.3 is 0 Å². The van der Waals surface area contributed by atoms with E-state index < -0.39 is 0 Å². The summed E-state index contributed by atoms with van der Waals surface area (Å²) < 4.78 is 26.8. The fourth-order valence-electron chi connectivity index (χ4n) is 3.85. The van der Waals surface area contributed by atoms with Crippen LogP contribution in [0.5, 0.6) is 5.75 Å². The second-order valence-electron chi connectivity index (χ2n) is 8.08. The van der Waals surface area contributed by atoms with Crippen molar-refractivity contribution in [2.75, 3.05) is 15.5 Å². The van der Waals surface area contributed by atoms with E-state index in [0.29, 0.717) is 35.5 Å². The standard InChI is InChI=1S/C25H23F2N3O2S/c1-15-5-6-17-12-21(29-25(33)28-20-9-7-18(26)8-10-20)23(31)13-22(17)30(24(15)32)14-16-3-2-4-19(27)11-16/h2-4,7-13,15,31H,5-6,14H2,1H3,(H2,28,29,33). The number of carbonyl (C=O) groups is 1. The van der Waals surface area contributed by atoms with Gasteiger partial charge in [0.25, 0.3) is 0 Å². The fourth-order valence-corrected chi connectivity index (χ4v) is 4.08. The number of fused-ring (bicyclic) bond motifs is 1. The van der Waals surface area contributed by atoms with Crippen LogP contribution in [-0.2, 0) is 17.8 Å². The predicted octanol–water partition coefficient (Wildman–Crippen LogP) is 5.59. The molecule has 1 unspecified atom stereocenters. The molecule has 3 aromatic rings. The summed E-state index contributed by atoms with van der Waals surface area (Å²) in [6.07, 6.45) is 1.28. The lowest BCUT2D eigenvalue weighted by molar-refractivity contribution is -0.122. The lowest BCUT2D eigenvalue weighted by atomic mass is 10.0. The maximum Gasteiger partial charge on any atom is 0.230 e. The van der Waals surface area contributed by atoms with Crippen LogP contribution in [0.4, 0.5) is 25.8 Å². The van der Waals surface area contributed by atoms with Crippen molar-refractivity contribution in [1.82, 2.24) is 0 Å². The van der Waals surface area contributed by atoms with Crippen molar-refractivity contribution in [2.45, 2.75) is 26.3 Å². The molecule has 0 saturated carbocycles. The molecule has 1 aliphatic heterocycles. The molecule has 8 heteroatoms. The van der Waals surface area contributed by atoms with Gasteiger partial charge in [-0.05, 0) is 78.7 Å². The molecule has 170 valence electrons. The maximum atomic E-state index is 13.7. The number of aromatic hydroxyl groups is 1. The van der Waals surface area contributed by atoms with Crippen LogP contribution in [0.25, 0.3) is 0 Å². The molecule has 0 aliphatic carbocycles. The lowest BCUT2D eigenvalue weighted by Crippen LogP contribution is -2.33. The molecule has 1 amide bonds. The molecule has 4 rings (SSSR count). The van der Waals surface area contributed by atoms with Crippen LogP contribution in [0.3, 0.4) is 0 Å². The summed E-state index contributed by atoms with van der Waals surface area (Å²) >= 11 is 5.32. The quantitative estimate of drug-likeness (QED) is 0.345. The topological polar surface area (TPSA) is 64.6 Å². The molecule has 1 atom stereocenters. The van der Waals surface area contributed by atoms with E-state index in [1.165, 1.54) is 30.3 Å². The number of nitrogens with one attached hydrogen (secondary N) is 2. The van der Waals surface area contributed by atoms with Gasteiger partial charge in [-0.1, -0.05) is 19.1 Å². The van der Waals surface area contributed by atoms with E-state index in [1.807, 2.05) is 6.92 Å². The minimum atomic E-state index is -0.368. The van der Waals surface area contributed by atoms with Crippen molar-refractivity contribution >= 4 is 40.3 Å². The molecule has 5 nitrogen and oxygen atoms in total. The van der Waals surface area contributed by atoms with Gasteiger partial charge in [-0.3, -0.25) is 4.79 Å². The molecular weight excluding hydrogens is 444 g/mol. The van der Waals surface area contributed by atoms with Crippen molar-refractivity contribution in [2.24, 2.45) is 5.92 Å². The summed E-state index contributed by atoms with van der Waals surface area (Å²) in [5.41, 5.74) is 3.11. The zero-order chi connectivity index (χ0) is 23.5. The van der Waals surface area contributed by atoms with Gasteiger partial charge in [-0.25, -0.2) is 8.78 Å². The normalized spacial score (nSPS) is 15.5. The van der Waals surface area contributed by atoms with Crippen molar-refractivity contribution in [1.29, 1.82) is 0 Å². The Bertz CT molecular complexity index is 1200. The van der Waals surface area contributed by atoms with E-state index in [2.05, 4.69) is 10.6 Å². The van der Waals surface area contributed by atoms with Gasteiger partial charge in [0.2, 0.25) is 5.91 Å². The number of phenols is 1. The average molecular weight is 468 g/mol.